The van der Waals surface area contributed by atoms with Crippen LogP contribution < -0.4 is 5.32 Å². The molecule has 20 heavy (non-hydrogen) atoms. The van der Waals surface area contributed by atoms with E-state index in [1.807, 2.05) is 0 Å². The molecule has 0 heterocycles. The Labute approximate surface area is 112 Å². The lowest BCUT2D eigenvalue weighted by molar-refractivity contribution is -0.137. The first-order valence-corrected chi connectivity index (χ1v) is 5.39. The summed E-state index contributed by atoms with van der Waals surface area (Å²) < 4.78 is 38.4. The van der Waals surface area contributed by atoms with Crippen LogP contribution >= 0.6 is 0 Å². The summed E-state index contributed by atoms with van der Waals surface area (Å²) in [6.45, 7) is 1.16. The molecular formula is C13H10F3NO3. The number of hydrogen-bond acceptors (Lipinski definition) is 2. The van der Waals surface area contributed by atoms with E-state index in [1.165, 1.54) is 6.92 Å². The Balaban J connectivity index is 3.13. The van der Waals surface area contributed by atoms with Crippen molar-refractivity contribution in [2.75, 3.05) is 6.54 Å². The van der Waals surface area contributed by atoms with Gasteiger partial charge in [0.15, 0.2) is 0 Å². The van der Waals surface area contributed by atoms with E-state index in [1.54, 1.807) is 0 Å². The van der Waals surface area contributed by atoms with Gasteiger partial charge in [0.05, 0.1) is 17.7 Å². The van der Waals surface area contributed by atoms with Crippen molar-refractivity contribution in [2.24, 2.45) is 0 Å². The minimum atomic E-state index is -4.70. The van der Waals surface area contributed by atoms with Crippen LogP contribution in [0, 0.1) is 11.8 Å². The van der Waals surface area contributed by atoms with Crippen LogP contribution in [0.4, 0.5) is 13.2 Å². The molecule has 0 aliphatic rings. The molecule has 0 aromatic heterocycles. The van der Waals surface area contributed by atoms with Gasteiger partial charge in [0.2, 0.25) is 5.91 Å². The molecule has 0 bridgehead atoms. The number of amides is 1. The van der Waals surface area contributed by atoms with Crippen LogP contribution in [0.15, 0.2) is 18.2 Å². The third-order valence-corrected chi connectivity index (χ3v) is 2.22. The van der Waals surface area contributed by atoms with Crippen molar-refractivity contribution in [1.29, 1.82) is 0 Å². The van der Waals surface area contributed by atoms with E-state index < -0.39 is 23.3 Å². The van der Waals surface area contributed by atoms with E-state index in [-0.39, 0.29) is 18.0 Å². The maximum atomic E-state index is 12.8. The fourth-order valence-electron chi connectivity index (χ4n) is 1.33. The average Bonchev–Trinajstić information content (AvgIpc) is 2.33. The molecule has 0 unspecified atom stereocenters. The maximum absolute atomic E-state index is 12.8. The first-order chi connectivity index (χ1) is 9.21. The van der Waals surface area contributed by atoms with Crippen LogP contribution in [-0.4, -0.2) is 23.5 Å². The number of carboxylic acids is 1. The molecule has 0 saturated heterocycles. The van der Waals surface area contributed by atoms with Gasteiger partial charge in [-0.15, -0.1) is 0 Å². The summed E-state index contributed by atoms with van der Waals surface area (Å²) in [6, 6.07) is 2.57. The zero-order chi connectivity index (χ0) is 15.3. The summed E-state index contributed by atoms with van der Waals surface area (Å²) in [6.07, 6.45) is -4.70. The van der Waals surface area contributed by atoms with Crippen molar-refractivity contribution < 1.29 is 27.9 Å². The Kier molecular flexibility index (Phi) is 4.75. The molecule has 0 atom stereocenters. The lowest BCUT2D eigenvalue weighted by Crippen LogP contribution is -2.19. The Morgan fingerprint density at radius 2 is 2.00 bits per heavy atom. The maximum Gasteiger partial charge on any atom is 0.417 e. The number of nitrogens with one attached hydrogen (secondary N) is 1. The molecule has 4 nitrogen and oxygen atoms in total. The molecule has 1 aromatic carbocycles. The lowest BCUT2D eigenvalue weighted by atomic mass is 10.0. The number of carbonyl (C=O) groups excluding carboxylic acids is 1. The number of carbonyl (C=O) groups is 2. The standard InChI is InChI=1S/C13H10F3NO3/c1-8(18)17-6-2-3-9-4-5-10(12(19)20)7-11(9)13(14,15)16/h4-5,7H,6H2,1H3,(H,17,18)(H,19,20). The molecular weight excluding hydrogens is 275 g/mol. The van der Waals surface area contributed by atoms with E-state index in [9.17, 15) is 22.8 Å². The highest BCUT2D eigenvalue weighted by Crippen LogP contribution is 2.32. The first-order valence-electron chi connectivity index (χ1n) is 5.39. The SMILES string of the molecule is CC(=O)NCC#Cc1ccc(C(=O)O)cc1C(F)(F)F. The molecule has 0 aliphatic carbocycles. The minimum Gasteiger partial charge on any atom is -0.478 e. The summed E-state index contributed by atoms with van der Waals surface area (Å²) >= 11 is 0. The molecule has 2 N–H and O–H groups in total. The molecule has 0 saturated carbocycles. The number of aromatic carboxylic acids is 1. The van der Waals surface area contributed by atoms with E-state index in [4.69, 9.17) is 5.11 Å². The lowest BCUT2D eigenvalue weighted by Gasteiger charge is -2.09. The number of rotatable bonds is 2. The topological polar surface area (TPSA) is 66.4 Å². The number of carboxylic acid groups (broad SMARTS) is 1. The molecule has 1 aromatic rings. The van der Waals surface area contributed by atoms with Gasteiger partial charge in [0.1, 0.15) is 0 Å². The van der Waals surface area contributed by atoms with E-state index in [2.05, 4.69) is 17.2 Å². The van der Waals surface area contributed by atoms with Gasteiger partial charge in [0.25, 0.3) is 0 Å². The summed E-state index contributed by atoms with van der Waals surface area (Å²) in [5.74, 6) is 2.83. The second-order valence-corrected chi connectivity index (χ2v) is 3.77. The number of benzene rings is 1. The normalized spacial score (nSPS) is 10.4. The number of alkyl halides is 3. The van der Waals surface area contributed by atoms with Crippen LogP contribution in [0.5, 0.6) is 0 Å². The van der Waals surface area contributed by atoms with Crippen molar-refractivity contribution in [2.45, 2.75) is 13.1 Å². The second-order valence-electron chi connectivity index (χ2n) is 3.77. The Hall–Kier alpha value is -2.49. The zero-order valence-electron chi connectivity index (χ0n) is 10.3. The second kappa shape index (κ2) is 6.10. The van der Waals surface area contributed by atoms with Crippen LogP contribution in [0.25, 0.3) is 0 Å². The van der Waals surface area contributed by atoms with Crippen molar-refractivity contribution in [3.63, 3.8) is 0 Å². The van der Waals surface area contributed by atoms with Gasteiger partial charge in [-0.05, 0) is 18.2 Å². The number of halogens is 3. The summed E-state index contributed by atoms with van der Waals surface area (Å²) in [5, 5.41) is 11.0. The molecule has 0 spiro atoms. The average molecular weight is 285 g/mol. The highest BCUT2D eigenvalue weighted by molar-refractivity contribution is 5.88. The van der Waals surface area contributed by atoms with Gasteiger partial charge in [-0.2, -0.15) is 13.2 Å². The third kappa shape index (κ3) is 4.31. The quantitative estimate of drug-likeness (QED) is 0.815. The van der Waals surface area contributed by atoms with Crippen LogP contribution in [-0.2, 0) is 11.0 Å². The minimum absolute atomic E-state index is 0.0900. The monoisotopic (exact) mass is 285 g/mol. The zero-order valence-corrected chi connectivity index (χ0v) is 10.3. The smallest absolute Gasteiger partial charge is 0.417 e. The highest BCUT2D eigenvalue weighted by atomic mass is 19.4. The van der Waals surface area contributed by atoms with E-state index >= 15 is 0 Å². The van der Waals surface area contributed by atoms with E-state index in [0.717, 1.165) is 12.1 Å². The van der Waals surface area contributed by atoms with Crippen molar-refractivity contribution in [1.82, 2.24) is 5.32 Å². The predicted octanol–water partition coefficient (Wildman–Crippen LogP) is 1.89. The van der Waals surface area contributed by atoms with Crippen LogP contribution in [0.3, 0.4) is 0 Å². The molecule has 0 radical (unpaired) electrons. The molecule has 106 valence electrons. The van der Waals surface area contributed by atoms with Crippen LogP contribution in [0.2, 0.25) is 0 Å². The Morgan fingerprint density at radius 1 is 1.35 bits per heavy atom. The van der Waals surface area contributed by atoms with Gasteiger partial charge in [0, 0.05) is 12.5 Å². The Bertz CT molecular complexity index is 597. The predicted molar refractivity (Wildman–Crippen MR) is 64.0 cm³/mol. The highest BCUT2D eigenvalue weighted by Gasteiger charge is 2.33. The summed E-state index contributed by atoms with van der Waals surface area (Å²) in [4.78, 5) is 21.3. The summed E-state index contributed by atoms with van der Waals surface area (Å²) in [7, 11) is 0. The van der Waals surface area contributed by atoms with Crippen molar-refractivity contribution >= 4 is 11.9 Å². The largest absolute Gasteiger partial charge is 0.478 e. The fraction of sp³-hybridized carbons (Fsp3) is 0.231. The molecule has 0 fully saturated rings. The van der Waals surface area contributed by atoms with Gasteiger partial charge < -0.3 is 10.4 Å². The van der Waals surface area contributed by atoms with E-state index in [0.29, 0.717) is 6.07 Å². The molecule has 7 heteroatoms. The van der Waals surface area contributed by atoms with Gasteiger partial charge >= 0.3 is 12.1 Å². The van der Waals surface area contributed by atoms with Crippen molar-refractivity contribution in [3.05, 3.63) is 34.9 Å². The number of hydrogen-bond donors (Lipinski definition) is 2. The van der Waals surface area contributed by atoms with Gasteiger partial charge in [-0.3, -0.25) is 4.79 Å². The molecule has 1 amide bonds. The van der Waals surface area contributed by atoms with Crippen LogP contribution in [0.1, 0.15) is 28.4 Å². The Morgan fingerprint density at radius 3 is 2.50 bits per heavy atom. The molecule has 0 aliphatic heterocycles. The first kappa shape index (κ1) is 15.6. The third-order valence-electron chi connectivity index (χ3n) is 2.22. The van der Waals surface area contributed by atoms with Gasteiger partial charge in [-0.25, -0.2) is 4.79 Å². The fourth-order valence-corrected chi connectivity index (χ4v) is 1.33. The molecule has 1 rings (SSSR count). The van der Waals surface area contributed by atoms with Gasteiger partial charge in [-0.1, -0.05) is 11.8 Å². The van der Waals surface area contributed by atoms with Crippen molar-refractivity contribution in [3.8, 4) is 11.8 Å². The summed E-state index contributed by atoms with van der Waals surface area (Å²) in [5.41, 5.74) is -1.93.